The Bertz CT molecular complexity index is 412. The number of rotatable bonds is 4. The van der Waals surface area contributed by atoms with Gasteiger partial charge < -0.3 is 20.4 Å². The molecule has 2 atom stereocenters. The number of hydrogen-bond donors (Lipinski definition) is 4. The van der Waals surface area contributed by atoms with Gasteiger partial charge in [-0.3, -0.25) is 0 Å². The number of aliphatic hydroxyl groups is 3. The molecule has 0 saturated carbocycles. The van der Waals surface area contributed by atoms with Crippen molar-refractivity contribution >= 4 is 5.97 Å². The van der Waals surface area contributed by atoms with E-state index in [0.29, 0.717) is 12.1 Å². The summed E-state index contributed by atoms with van der Waals surface area (Å²) in [4.78, 5) is 10.5. The van der Waals surface area contributed by atoms with Crippen molar-refractivity contribution in [3.05, 3.63) is 34.9 Å². The molecule has 0 amide bonds. The minimum absolute atomic E-state index is 0.355. The molecule has 0 radical (unpaired) electrons. The molecule has 0 aliphatic heterocycles. The van der Waals surface area contributed by atoms with Crippen LogP contribution in [-0.4, -0.2) is 39.1 Å². The fourth-order valence-corrected chi connectivity index (χ4v) is 1.29. The van der Waals surface area contributed by atoms with E-state index < -0.39 is 42.0 Å². The summed E-state index contributed by atoms with van der Waals surface area (Å²) in [6.07, 6.45) is -3.31. The van der Waals surface area contributed by atoms with Crippen LogP contribution in [0.2, 0.25) is 0 Å². The molecule has 0 aliphatic carbocycles. The maximum Gasteiger partial charge on any atom is 0.341 e. The van der Waals surface area contributed by atoms with E-state index in [1.54, 1.807) is 0 Å². The van der Waals surface area contributed by atoms with Crippen molar-refractivity contribution in [2.24, 2.45) is 0 Å². The van der Waals surface area contributed by atoms with Crippen LogP contribution in [0.1, 0.15) is 22.0 Å². The zero-order valence-electron chi connectivity index (χ0n) is 8.47. The Morgan fingerprint density at radius 2 is 1.71 bits per heavy atom. The highest BCUT2D eigenvalue weighted by molar-refractivity contribution is 5.88. The van der Waals surface area contributed by atoms with Crippen molar-refractivity contribution < 1.29 is 34.0 Å². The summed E-state index contributed by atoms with van der Waals surface area (Å²) in [5.74, 6) is -4.50. The fourth-order valence-electron chi connectivity index (χ4n) is 1.29. The van der Waals surface area contributed by atoms with Crippen LogP contribution in [0.4, 0.5) is 8.78 Å². The Morgan fingerprint density at radius 1 is 1.24 bits per heavy atom. The molecule has 1 aromatic rings. The highest BCUT2D eigenvalue weighted by Gasteiger charge is 2.23. The second kappa shape index (κ2) is 5.17. The highest BCUT2D eigenvalue weighted by Crippen LogP contribution is 2.22. The van der Waals surface area contributed by atoms with Gasteiger partial charge in [0.2, 0.25) is 0 Å². The van der Waals surface area contributed by atoms with Gasteiger partial charge in [0.15, 0.2) is 0 Å². The Hall–Kier alpha value is -1.57. The number of halogens is 2. The molecule has 0 heterocycles. The summed E-state index contributed by atoms with van der Waals surface area (Å²) in [7, 11) is 0. The van der Waals surface area contributed by atoms with Gasteiger partial charge in [0.1, 0.15) is 29.4 Å². The number of carboxylic acids is 1. The Labute approximate surface area is 94.6 Å². The minimum atomic E-state index is -1.77. The van der Waals surface area contributed by atoms with Crippen molar-refractivity contribution in [3.63, 3.8) is 0 Å². The number of carbonyl (C=O) groups is 1. The molecule has 5 nitrogen and oxygen atoms in total. The first-order chi connectivity index (χ1) is 7.88. The summed E-state index contributed by atoms with van der Waals surface area (Å²) >= 11 is 0. The third-order valence-electron chi connectivity index (χ3n) is 2.17. The summed E-state index contributed by atoms with van der Waals surface area (Å²) < 4.78 is 26.4. The fraction of sp³-hybridized carbons (Fsp3) is 0.300. The second-order valence-corrected chi connectivity index (χ2v) is 3.36. The Kier molecular flexibility index (Phi) is 4.11. The van der Waals surface area contributed by atoms with Gasteiger partial charge in [-0.05, 0) is 17.7 Å². The zero-order chi connectivity index (χ0) is 13.2. The lowest BCUT2D eigenvalue weighted by molar-refractivity contribution is -0.0155. The van der Waals surface area contributed by atoms with Gasteiger partial charge in [-0.1, -0.05) is 0 Å². The third kappa shape index (κ3) is 2.76. The first-order valence-electron chi connectivity index (χ1n) is 4.57. The summed E-state index contributed by atoms with van der Waals surface area (Å²) in [6.45, 7) is -0.801. The molecule has 94 valence electrons. The highest BCUT2D eigenvalue weighted by atomic mass is 19.1. The second-order valence-electron chi connectivity index (χ2n) is 3.36. The van der Waals surface area contributed by atoms with Gasteiger partial charge in [-0.15, -0.1) is 0 Å². The molecule has 0 saturated heterocycles. The predicted molar refractivity (Wildman–Crippen MR) is 51.4 cm³/mol. The van der Waals surface area contributed by atoms with Crippen LogP contribution in [0.3, 0.4) is 0 Å². The van der Waals surface area contributed by atoms with Crippen molar-refractivity contribution in [2.45, 2.75) is 12.2 Å². The molecule has 17 heavy (non-hydrogen) atoms. The van der Waals surface area contributed by atoms with Crippen molar-refractivity contribution in [1.82, 2.24) is 0 Å². The van der Waals surface area contributed by atoms with Crippen molar-refractivity contribution in [2.75, 3.05) is 6.61 Å². The normalized spacial score (nSPS) is 14.4. The Morgan fingerprint density at radius 3 is 2.06 bits per heavy atom. The average molecular weight is 248 g/mol. The molecule has 4 N–H and O–H groups in total. The molecule has 0 bridgehead atoms. The quantitative estimate of drug-likeness (QED) is 0.603. The van der Waals surface area contributed by atoms with Crippen molar-refractivity contribution in [1.29, 1.82) is 0 Å². The molecular weight excluding hydrogens is 238 g/mol. The standard InChI is InChI=1S/C10H10F2O5/c11-5-1-4(9(15)7(14)3-13)2-6(12)8(5)10(16)17/h1-2,7,9,13-15H,3H2,(H,16,17). The van der Waals surface area contributed by atoms with Crippen LogP contribution in [0.15, 0.2) is 12.1 Å². The summed E-state index contributed by atoms with van der Waals surface area (Å²) in [5, 5.41) is 35.5. The number of aliphatic hydroxyl groups excluding tert-OH is 3. The van der Waals surface area contributed by atoms with Crippen LogP contribution in [0.5, 0.6) is 0 Å². The lowest BCUT2D eigenvalue weighted by Gasteiger charge is -2.16. The predicted octanol–water partition coefficient (Wildman–Crippen LogP) is 0.0496. The lowest BCUT2D eigenvalue weighted by atomic mass is 10.0. The largest absolute Gasteiger partial charge is 0.477 e. The third-order valence-corrected chi connectivity index (χ3v) is 2.17. The monoisotopic (exact) mass is 248 g/mol. The Balaban J connectivity index is 3.19. The van der Waals surface area contributed by atoms with Crippen LogP contribution in [-0.2, 0) is 0 Å². The van der Waals surface area contributed by atoms with Crippen LogP contribution in [0, 0.1) is 11.6 Å². The molecule has 1 rings (SSSR count). The lowest BCUT2D eigenvalue weighted by Crippen LogP contribution is -2.22. The van der Waals surface area contributed by atoms with E-state index in [9.17, 15) is 18.7 Å². The van der Waals surface area contributed by atoms with Gasteiger partial charge in [0.05, 0.1) is 6.61 Å². The van der Waals surface area contributed by atoms with E-state index in [0.717, 1.165) is 0 Å². The van der Waals surface area contributed by atoms with Crippen LogP contribution in [0.25, 0.3) is 0 Å². The van der Waals surface area contributed by atoms with E-state index in [4.69, 9.17) is 15.3 Å². The average Bonchev–Trinajstić information content (AvgIpc) is 2.25. The number of hydrogen-bond acceptors (Lipinski definition) is 4. The zero-order valence-corrected chi connectivity index (χ0v) is 8.47. The summed E-state index contributed by atoms with van der Waals surface area (Å²) in [6, 6.07) is 1.19. The smallest absolute Gasteiger partial charge is 0.341 e. The number of carboxylic acid groups (broad SMARTS) is 1. The molecule has 0 spiro atoms. The van der Waals surface area contributed by atoms with Gasteiger partial charge >= 0.3 is 5.97 Å². The SMILES string of the molecule is O=C(O)c1c(F)cc(C(O)C(O)CO)cc1F. The van der Waals surface area contributed by atoms with Gasteiger partial charge in [-0.25, -0.2) is 13.6 Å². The minimum Gasteiger partial charge on any atom is -0.477 e. The van der Waals surface area contributed by atoms with Gasteiger partial charge in [-0.2, -0.15) is 0 Å². The molecule has 0 aliphatic rings. The van der Waals surface area contributed by atoms with Gasteiger partial charge in [0, 0.05) is 0 Å². The number of aromatic carboxylic acids is 1. The van der Waals surface area contributed by atoms with Crippen LogP contribution < -0.4 is 0 Å². The molecule has 0 aromatic heterocycles. The molecule has 7 heteroatoms. The molecule has 0 fully saturated rings. The topological polar surface area (TPSA) is 98.0 Å². The van der Waals surface area contributed by atoms with E-state index in [-0.39, 0.29) is 5.56 Å². The molecular formula is C10H10F2O5. The molecule has 2 unspecified atom stereocenters. The van der Waals surface area contributed by atoms with Crippen LogP contribution >= 0.6 is 0 Å². The van der Waals surface area contributed by atoms with E-state index in [1.807, 2.05) is 0 Å². The first kappa shape index (κ1) is 13.5. The number of benzene rings is 1. The molecule has 1 aromatic carbocycles. The first-order valence-corrected chi connectivity index (χ1v) is 4.57. The summed E-state index contributed by atoms with van der Waals surface area (Å²) in [5.41, 5.74) is -1.49. The van der Waals surface area contributed by atoms with E-state index in [1.165, 1.54) is 0 Å². The van der Waals surface area contributed by atoms with E-state index >= 15 is 0 Å². The maximum atomic E-state index is 13.2. The maximum absolute atomic E-state index is 13.2. The van der Waals surface area contributed by atoms with E-state index in [2.05, 4.69) is 0 Å². The van der Waals surface area contributed by atoms with Gasteiger partial charge in [0.25, 0.3) is 0 Å². The van der Waals surface area contributed by atoms with Crippen molar-refractivity contribution in [3.8, 4) is 0 Å².